The average Bonchev–Trinajstić information content (AvgIpc) is 3.98. The zero-order chi connectivity index (χ0) is 37.5. The maximum absolute atomic E-state index is 6.90. The molecule has 6 heteroatoms. The third kappa shape index (κ3) is 5.08. The number of benzene rings is 8. The van der Waals surface area contributed by atoms with Crippen molar-refractivity contribution in [2.24, 2.45) is 0 Å². The van der Waals surface area contributed by atoms with Crippen LogP contribution in [0.15, 0.2) is 180 Å². The first kappa shape index (κ1) is 32.3. The summed E-state index contributed by atoms with van der Waals surface area (Å²) in [5.41, 5.74) is 9.13. The SMILES string of the molecule is c1ccc(-c2nc(-c3ccccc3)nc(-c3cccc4oc5c(-c6ccc(-c7cccc8sc9ccccc9c78)c7c6sc6ccccc67)cccc5c34)n2)cc1. The molecule has 0 spiro atoms. The molecule has 0 atom stereocenters. The highest BCUT2D eigenvalue weighted by Crippen LogP contribution is 2.49. The van der Waals surface area contributed by atoms with Gasteiger partial charge in [-0.25, -0.2) is 15.0 Å². The molecule has 0 aliphatic carbocycles. The van der Waals surface area contributed by atoms with Gasteiger partial charge in [0.1, 0.15) is 11.2 Å². The normalized spacial score (nSPS) is 11.9. The van der Waals surface area contributed by atoms with E-state index in [0.717, 1.165) is 49.8 Å². The van der Waals surface area contributed by atoms with E-state index in [1.54, 1.807) is 0 Å². The third-order valence-electron chi connectivity index (χ3n) is 11.0. The first-order chi connectivity index (χ1) is 28.3. The van der Waals surface area contributed by atoms with Crippen LogP contribution in [0.3, 0.4) is 0 Å². The van der Waals surface area contributed by atoms with Crippen molar-refractivity contribution in [1.82, 2.24) is 15.0 Å². The van der Waals surface area contributed by atoms with Gasteiger partial charge in [0.25, 0.3) is 0 Å². The standard InChI is InChI=1S/C51H29N3OS2/c1-3-14-30(15-4-1)49-52-50(31-16-5-2-6-17-31)54-51(53-49)39-23-12-24-40-44(39)38-22-11-21-34(47(38)55-40)35-29-28-33(46-37-19-8-10-26-42(37)57-48(35)46)32-20-13-27-43-45(32)36-18-7-9-25-41(36)56-43/h1-29H. The Bertz CT molecular complexity index is 3470. The molecule has 0 unspecified atom stereocenters. The predicted octanol–water partition coefficient (Wildman–Crippen LogP) is 14.8. The number of furan rings is 1. The minimum Gasteiger partial charge on any atom is -0.455 e. The fourth-order valence-corrected chi connectivity index (χ4v) is 10.8. The van der Waals surface area contributed by atoms with Crippen molar-refractivity contribution in [3.63, 3.8) is 0 Å². The molecule has 0 aliphatic rings. The zero-order valence-electron chi connectivity index (χ0n) is 30.3. The number of fused-ring (bicyclic) bond motifs is 9. The smallest absolute Gasteiger partial charge is 0.164 e. The van der Waals surface area contributed by atoms with Gasteiger partial charge in [0.05, 0.1) is 0 Å². The van der Waals surface area contributed by atoms with Crippen LogP contribution in [0, 0.1) is 0 Å². The predicted molar refractivity (Wildman–Crippen MR) is 240 cm³/mol. The van der Waals surface area contributed by atoms with Crippen molar-refractivity contribution in [2.45, 2.75) is 0 Å². The number of nitrogens with zero attached hydrogens (tertiary/aromatic N) is 3. The molecule has 12 rings (SSSR count). The van der Waals surface area contributed by atoms with Crippen LogP contribution >= 0.6 is 22.7 Å². The van der Waals surface area contributed by atoms with Gasteiger partial charge in [0.15, 0.2) is 17.5 Å². The molecule has 4 heterocycles. The number of hydrogen-bond acceptors (Lipinski definition) is 6. The third-order valence-corrected chi connectivity index (χ3v) is 13.3. The van der Waals surface area contributed by atoms with Gasteiger partial charge in [0, 0.05) is 78.9 Å². The molecule has 0 saturated carbocycles. The summed E-state index contributed by atoms with van der Waals surface area (Å²) in [6.45, 7) is 0. The molecule has 12 aromatic rings. The molecule has 0 N–H and O–H groups in total. The molecule has 4 aromatic heterocycles. The minimum atomic E-state index is 0.604. The number of hydrogen-bond donors (Lipinski definition) is 0. The number of thiophene rings is 2. The van der Waals surface area contributed by atoms with E-state index in [0.29, 0.717) is 17.5 Å². The fraction of sp³-hybridized carbons (Fsp3) is 0. The highest BCUT2D eigenvalue weighted by atomic mass is 32.1. The molecule has 57 heavy (non-hydrogen) atoms. The lowest BCUT2D eigenvalue weighted by atomic mass is 9.92. The van der Waals surface area contributed by atoms with Gasteiger partial charge >= 0.3 is 0 Å². The number of aromatic nitrogens is 3. The van der Waals surface area contributed by atoms with Crippen molar-refractivity contribution < 1.29 is 4.42 Å². The second-order valence-corrected chi connectivity index (χ2v) is 16.4. The molecule has 0 fully saturated rings. The molecule has 0 bridgehead atoms. The fourth-order valence-electron chi connectivity index (χ4n) is 8.44. The average molecular weight is 764 g/mol. The summed E-state index contributed by atoms with van der Waals surface area (Å²) < 4.78 is 12.0. The molecule has 266 valence electrons. The van der Waals surface area contributed by atoms with Crippen molar-refractivity contribution in [2.75, 3.05) is 0 Å². The molecule has 0 aliphatic heterocycles. The first-order valence-corrected chi connectivity index (χ1v) is 20.6. The van der Waals surface area contributed by atoms with E-state index in [2.05, 4.69) is 103 Å². The Morgan fingerprint density at radius 3 is 1.61 bits per heavy atom. The Labute approximate surface area is 335 Å². The summed E-state index contributed by atoms with van der Waals surface area (Å²) >= 11 is 3.71. The summed E-state index contributed by atoms with van der Waals surface area (Å²) in [5.74, 6) is 1.86. The number of rotatable bonds is 5. The van der Waals surface area contributed by atoms with Gasteiger partial charge in [-0.1, -0.05) is 152 Å². The van der Waals surface area contributed by atoms with Gasteiger partial charge in [-0.15, -0.1) is 22.7 Å². The maximum atomic E-state index is 6.90. The summed E-state index contributed by atoms with van der Waals surface area (Å²) in [5, 5.41) is 7.17. The highest BCUT2D eigenvalue weighted by Gasteiger charge is 2.23. The van der Waals surface area contributed by atoms with Crippen LogP contribution in [0.4, 0.5) is 0 Å². The molecule has 0 saturated heterocycles. The van der Waals surface area contributed by atoms with E-state index in [9.17, 15) is 0 Å². The van der Waals surface area contributed by atoms with E-state index in [1.165, 1.54) is 51.5 Å². The zero-order valence-corrected chi connectivity index (χ0v) is 31.9. The molecule has 8 aromatic carbocycles. The van der Waals surface area contributed by atoms with Crippen LogP contribution in [0.5, 0.6) is 0 Å². The minimum absolute atomic E-state index is 0.604. The van der Waals surface area contributed by atoms with Gasteiger partial charge in [-0.05, 0) is 35.4 Å². The second-order valence-electron chi connectivity index (χ2n) is 14.2. The van der Waals surface area contributed by atoms with Crippen molar-refractivity contribution in [3.8, 4) is 56.4 Å². The van der Waals surface area contributed by atoms with Crippen LogP contribution in [0.1, 0.15) is 0 Å². The lowest BCUT2D eigenvalue weighted by Crippen LogP contribution is -2.00. The van der Waals surface area contributed by atoms with E-state index >= 15 is 0 Å². The Hall–Kier alpha value is -6.99. The van der Waals surface area contributed by atoms with Crippen molar-refractivity contribution in [1.29, 1.82) is 0 Å². The Morgan fingerprint density at radius 1 is 0.333 bits per heavy atom. The molecule has 4 nitrogen and oxygen atoms in total. The van der Waals surface area contributed by atoms with E-state index in [-0.39, 0.29) is 0 Å². The summed E-state index contributed by atoms with van der Waals surface area (Å²) in [6.07, 6.45) is 0. The van der Waals surface area contributed by atoms with E-state index in [1.807, 2.05) is 95.5 Å². The van der Waals surface area contributed by atoms with Gasteiger partial charge in [-0.2, -0.15) is 0 Å². The van der Waals surface area contributed by atoms with Crippen molar-refractivity contribution >= 4 is 85.0 Å². The lowest BCUT2D eigenvalue weighted by Gasteiger charge is -2.11. The Morgan fingerprint density at radius 2 is 0.860 bits per heavy atom. The topological polar surface area (TPSA) is 51.8 Å². The number of para-hydroxylation sites is 1. The second kappa shape index (κ2) is 12.8. The van der Waals surface area contributed by atoms with E-state index in [4.69, 9.17) is 19.4 Å². The molecular formula is C51H29N3OS2. The highest BCUT2D eigenvalue weighted by molar-refractivity contribution is 7.26. The summed E-state index contributed by atoms with van der Waals surface area (Å²) in [4.78, 5) is 15.1. The van der Waals surface area contributed by atoms with Crippen LogP contribution in [-0.4, -0.2) is 15.0 Å². The lowest BCUT2D eigenvalue weighted by molar-refractivity contribution is 0.670. The van der Waals surface area contributed by atoms with Crippen LogP contribution < -0.4 is 0 Å². The van der Waals surface area contributed by atoms with Crippen LogP contribution in [0.25, 0.3) is 119 Å². The Kier molecular flexibility index (Phi) is 7.24. The maximum Gasteiger partial charge on any atom is 0.164 e. The molecular weight excluding hydrogens is 735 g/mol. The van der Waals surface area contributed by atoms with E-state index < -0.39 is 0 Å². The van der Waals surface area contributed by atoms with Gasteiger partial charge in [0.2, 0.25) is 0 Å². The van der Waals surface area contributed by atoms with Crippen LogP contribution in [-0.2, 0) is 0 Å². The van der Waals surface area contributed by atoms with Crippen LogP contribution in [0.2, 0.25) is 0 Å². The molecule has 0 amide bonds. The summed E-state index contributed by atoms with van der Waals surface area (Å²) in [6, 6.07) is 61.8. The molecule has 0 radical (unpaired) electrons. The monoisotopic (exact) mass is 763 g/mol. The first-order valence-electron chi connectivity index (χ1n) is 18.9. The van der Waals surface area contributed by atoms with Gasteiger partial charge < -0.3 is 4.42 Å². The quantitative estimate of drug-likeness (QED) is 0.175. The largest absolute Gasteiger partial charge is 0.455 e. The van der Waals surface area contributed by atoms with Crippen molar-refractivity contribution in [3.05, 3.63) is 176 Å². The summed E-state index contributed by atoms with van der Waals surface area (Å²) in [7, 11) is 0. The van der Waals surface area contributed by atoms with Gasteiger partial charge in [-0.3, -0.25) is 0 Å². The Balaban J connectivity index is 1.09.